The Bertz CT molecular complexity index is 714. The Kier molecular flexibility index (Phi) is 4.57. The molecule has 0 fully saturated rings. The summed E-state index contributed by atoms with van der Waals surface area (Å²) >= 11 is 0. The maximum Gasteiger partial charge on any atom is 0.356 e. The summed E-state index contributed by atoms with van der Waals surface area (Å²) in [5, 5.41) is 3.22. The Morgan fingerprint density at radius 2 is 1.74 bits per heavy atom. The fraction of sp³-hybridized carbons (Fsp3) is 0.250. The standard InChI is InChI=1S/C16H18NO5P/c1-19-23(18,20-2)16(17-13-6-4-3-5-7-13)12-8-9-14-15(10-12)22-11-21-14/h3-10,16-17H,11H2,1-2H3. The summed E-state index contributed by atoms with van der Waals surface area (Å²) in [5.41, 5.74) is 1.54. The molecule has 1 aliphatic heterocycles. The number of ether oxygens (including phenoxy) is 2. The molecule has 23 heavy (non-hydrogen) atoms. The van der Waals surface area contributed by atoms with Crippen molar-refractivity contribution in [2.45, 2.75) is 5.78 Å². The van der Waals surface area contributed by atoms with Crippen molar-refractivity contribution in [1.29, 1.82) is 0 Å². The molecule has 0 saturated carbocycles. The average Bonchev–Trinajstić information content (AvgIpc) is 3.07. The Hall–Kier alpha value is -2.01. The Morgan fingerprint density at radius 1 is 1.04 bits per heavy atom. The number of fused-ring (bicyclic) bond motifs is 1. The summed E-state index contributed by atoms with van der Waals surface area (Å²) in [6.45, 7) is 0.182. The predicted molar refractivity (Wildman–Crippen MR) is 87.0 cm³/mol. The van der Waals surface area contributed by atoms with Gasteiger partial charge in [-0.05, 0) is 29.8 Å². The first-order valence-electron chi connectivity index (χ1n) is 7.08. The molecule has 1 atom stereocenters. The first-order chi connectivity index (χ1) is 11.2. The molecule has 1 aliphatic rings. The minimum absolute atomic E-state index is 0.182. The third-order valence-corrected chi connectivity index (χ3v) is 5.69. The Balaban J connectivity index is 1.99. The largest absolute Gasteiger partial charge is 0.454 e. The van der Waals surface area contributed by atoms with Gasteiger partial charge in [-0.25, -0.2) is 0 Å². The molecule has 0 spiro atoms. The van der Waals surface area contributed by atoms with Crippen LogP contribution in [-0.4, -0.2) is 21.0 Å². The fourth-order valence-electron chi connectivity index (χ4n) is 2.41. The highest BCUT2D eigenvalue weighted by molar-refractivity contribution is 7.54. The molecule has 122 valence electrons. The van der Waals surface area contributed by atoms with Crippen LogP contribution >= 0.6 is 7.60 Å². The number of para-hydroxylation sites is 1. The molecule has 0 radical (unpaired) electrons. The molecule has 7 heteroatoms. The summed E-state index contributed by atoms with van der Waals surface area (Å²) in [6.07, 6.45) is 0. The van der Waals surface area contributed by atoms with Crippen LogP contribution in [0.25, 0.3) is 0 Å². The van der Waals surface area contributed by atoms with Crippen molar-refractivity contribution in [2.24, 2.45) is 0 Å². The van der Waals surface area contributed by atoms with Crippen molar-refractivity contribution in [3.8, 4) is 11.5 Å². The SMILES string of the molecule is COP(=O)(OC)C(Nc1ccccc1)c1ccc2c(c1)OCO2. The number of rotatable bonds is 6. The van der Waals surface area contributed by atoms with Gasteiger partial charge in [-0.3, -0.25) is 4.57 Å². The van der Waals surface area contributed by atoms with Crippen LogP contribution < -0.4 is 14.8 Å². The van der Waals surface area contributed by atoms with Gasteiger partial charge < -0.3 is 23.8 Å². The molecule has 2 aromatic carbocycles. The maximum atomic E-state index is 13.0. The van der Waals surface area contributed by atoms with Crippen LogP contribution in [0.5, 0.6) is 11.5 Å². The van der Waals surface area contributed by atoms with Crippen LogP contribution in [0.2, 0.25) is 0 Å². The first kappa shape index (κ1) is 15.9. The smallest absolute Gasteiger partial charge is 0.356 e. The number of hydrogen-bond donors (Lipinski definition) is 1. The van der Waals surface area contributed by atoms with E-state index in [0.29, 0.717) is 11.5 Å². The number of anilines is 1. The van der Waals surface area contributed by atoms with Crippen molar-refractivity contribution >= 4 is 13.3 Å². The van der Waals surface area contributed by atoms with Gasteiger partial charge in [-0.15, -0.1) is 0 Å². The van der Waals surface area contributed by atoms with E-state index in [1.165, 1.54) is 14.2 Å². The predicted octanol–water partition coefficient (Wildman–Crippen LogP) is 4.01. The molecule has 6 nitrogen and oxygen atoms in total. The van der Waals surface area contributed by atoms with Crippen molar-refractivity contribution in [3.05, 3.63) is 54.1 Å². The summed E-state index contributed by atoms with van der Waals surface area (Å²) in [5.74, 6) is 0.604. The number of hydrogen-bond acceptors (Lipinski definition) is 6. The van der Waals surface area contributed by atoms with Gasteiger partial charge in [0.15, 0.2) is 17.3 Å². The lowest BCUT2D eigenvalue weighted by Crippen LogP contribution is -2.13. The van der Waals surface area contributed by atoms with Gasteiger partial charge in [0.2, 0.25) is 6.79 Å². The first-order valence-corrected chi connectivity index (χ1v) is 8.70. The molecular formula is C16H18NO5P. The van der Waals surface area contributed by atoms with E-state index in [1.807, 2.05) is 36.4 Å². The normalized spacial score (nSPS) is 14.5. The Morgan fingerprint density at radius 3 is 2.43 bits per heavy atom. The molecule has 0 bridgehead atoms. The molecule has 0 aliphatic carbocycles. The zero-order valence-corrected chi connectivity index (χ0v) is 13.8. The molecule has 1 heterocycles. The van der Waals surface area contributed by atoms with Gasteiger partial charge in [-0.2, -0.15) is 0 Å². The minimum Gasteiger partial charge on any atom is -0.454 e. The van der Waals surface area contributed by atoms with Gasteiger partial charge in [0.1, 0.15) is 0 Å². The summed E-state index contributed by atoms with van der Waals surface area (Å²) in [6, 6.07) is 14.9. The van der Waals surface area contributed by atoms with Gasteiger partial charge in [0, 0.05) is 19.9 Å². The summed E-state index contributed by atoms with van der Waals surface area (Å²) in [4.78, 5) is 0. The second-order valence-electron chi connectivity index (χ2n) is 4.93. The highest BCUT2D eigenvalue weighted by Crippen LogP contribution is 2.60. The summed E-state index contributed by atoms with van der Waals surface area (Å²) < 4.78 is 34.1. The third-order valence-electron chi connectivity index (χ3n) is 3.61. The topological polar surface area (TPSA) is 66.0 Å². The van der Waals surface area contributed by atoms with Crippen LogP contribution in [0.3, 0.4) is 0 Å². The lowest BCUT2D eigenvalue weighted by atomic mass is 10.2. The van der Waals surface area contributed by atoms with Crippen LogP contribution in [0.1, 0.15) is 11.3 Å². The van der Waals surface area contributed by atoms with Gasteiger partial charge in [0.05, 0.1) is 0 Å². The molecule has 1 N–H and O–H groups in total. The van der Waals surface area contributed by atoms with Crippen molar-refractivity contribution in [3.63, 3.8) is 0 Å². The van der Waals surface area contributed by atoms with Gasteiger partial charge in [-0.1, -0.05) is 24.3 Å². The second kappa shape index (κ2) is 6.62. The third kappa shape index (κ3) is 3.20. The molecule has 3 rings (SSSR count). The number of nitrogens with one attached hydrogen (secondary N) is 1. The monoisotopic (exact) mass is 335 g/mol. The van der Waals surface area contributed by atoms with Crippen molar-refractivity contribution < 1.29 is 23.1 Å². The minimum atomic E-state index is -3.41. The quantitative estimate of drug-likeness (QED) is 0.805. The van der Waals surface area contributed by atoms with E-state index in [0.717, 1.165) is 11.3 Å². The highest BCUT2D eigenvalue weighted by Gasteiger charge is 2.36. The zero-order chi connectivity index (χ0) is 16.3. The van der Waals surface area contributed by atoms with Crippen molar-refractivity contribution in [1.82, 2.24) is 0 Å². The molecule has 0 amide bonds. The second-order valence-corrected chi connectivity index (χ2v) is 7.26. The Labute approximate surface area is 134 Å². The highest BCUT2D eigenvalue weighted by atomic mass is 31.2. The van der Waals surface area contributed by atoms with E-state index < -0.39 is 13.4 Å². The molecular weight excluding hydrogens is 317 g/mol. The van der Waals surface area contributed by atoms with Crippen molar-refractivity contribution in [2.75, 3.05) is 26.3 Å². The maximum absolute atomic E-state index is 13.0. The molecule has 1 unspecified atom stereocenters. The van der Waals surface area contributed by atoms with E-state index in [9.17, 15) is 4.57 Å². The molecule has 0 saturated heterocycles. The lowest BCUT2D eigenvalue weighted by Gasteiger charge is -2.26. The lowest BCUT2D eigenvalue weighted by molar-refractivity contribution is 0.174. The van der Waals surface area contributed by atoms with E-state index in [4.69, 9.17) is 18.5 Å². The van der Waals surface area contributed by atoms with Crippen LogP contribution in [0.15, 0.2) is 48.5 Å². The number of benzene rings is 2. The summed E-state index contributed by atoms with van der Waals surface area (Å²) in [7, 11) is -0.667. The fourth-order valence-corrected chi connectivity index (χ4v) is 3.81. The zero-order valence-electron chi connectivity index (χ0n) is 12.9. The van der Waals surface area contributed by atoms with E-state index in [2.05, 4.69) is 5.32 Å². The van der Waals surface area contributed by atoms with Gasteiger partial charge in [0.25, 0.3) is 0 Å². The van der Waals surface area contributed by atoms with Gasteiger partial charge >= 0.3 is 7.60 Å². The van der Waals surface area contributed by atoms with E-state index in [-0.39, 0.29) is 6.79 Å². The van der Waals surface area contributed by atoms with E-state index in [1.54, 1.807) is 12.1 Å². The van der Waals surface area contributed by atoms with Crippen LogP contribution in [0, 0.1) is 0 Å². The van der Waals surface area contributed by atoms with E-state index >= 15 is 0 Å². The van der Waals surface area contributed by atoms with Crippen LogP contribution in [-0.2, 0) is 13.6 Å². The molecule has 0 aromatic heterocycles. The molecule has 2 aromatic rings. The van der Waals surface area contributed by atoms with Crippen LogP contribution in [0.4, 0.5) is 5.69 Å². The average molecular weight is 335 g/mol.